The van der Waals surface area contributed by atoms with E-state index in [1.807, 2.05) is 30.3 Å². The molecule has 4 heteroatoms. The molecule has 15 heavy (non-hydrogen) atoms. The number of benzene rings is 1. The van der Waals surface area contributed by atoms with Gasteiger partial charge in [-0.3, -0.25) is 0 Å². The van der Waals surface area contributed by atoms with E-state index in [0.717, 1.165) is 11.6 Å². The molecular weight excluding hydrogens is 200 g/mol. The summed E-state index contributed by atoms with van der Waals surface area (Å²) in [6.07, 6.45) is 1.54. The molecule has 0 aromatic heterocycles. The molecule has 0 N–H and O–H groups in total. The lowest BCUT2D eigenvalue weighted by Crippen LogP contribution is -2.22. The zero-order valence-corrected chi connectivity index (χ0v) is 8.37. The molecule has 1 aromatic rings. The lowest BCUT2D eigenvalue weighted by Gasteiger charge is -2.23. The van der Waals surface area contributed by atoms with E-state index in [4.69, 9.17) is 0 Å². The summed E-state index contributed by atoms with van der Waals surface area (Å²) in [6.45, 7) is -1.56. The van der Waals surface area contributed by atoms with Gasteiger partial charge in [0.05, 0.1) is 0 Å². The Balaban J connectivity index is 2.52. The molecule has 0 heterocycles. The van der Waals surface area contributed by atoms with Crippen molar-refractivity contribution in [1.82, 2.24) is 0 Å². The molecular formula is C11H13BF3-. The summed E-state index contributed by atoms with van der Waals surface area (Å²) >= 11 is 0. The topological polar surface area (TPSA) is 0 Å². The third kappa shape index (κ3) is 3.82. The van der Waals surface area contributed by atoms with Crippen LogP contribution in [0, 0.1) is 0 Å². The lowest BCUT2D eigenvalue weighted by atomic mass is 9.70. The van der Waals surface area contributed by atoms with Crippen LogP contribution in [0.3, 0.4) is 0 Å². The predicted octanol–water partition coefficient (Wildman–Crippen LogP) is 4.02. The largest absolute Gasteiger partial charge is 0.485 e. The minimum absolute atomic E-state index is 0.0943. The summed E-state index contributed by atoms with van der Waals surface area (Å²) in [5.74, 6) is -1.34. The molecule has 0 spiro atoms. The van der Waals surface area contributed by atoms with Crippen LogP contribution < -0.4 is 0 Å². The molecule has 0 aliphatic rings. The quantitative estimate of drug-likeness (QED) is 0.511. The smallest absolute Gasteiger partial charge is 0.449 e. The first-order valence-corrected chi connectivity index (χ1v) is 4.90. The van der Waals surface area contributed by atoms with Gasteiger partial charge in [0.25, 0.3) is 0 Å². The van der Waals surface area contributed by atoms with Gasteiger partial charge in [-0.2, -0.15) is 0 Å². The monoisotopic (exact) mass is 213 g/mol. The molecule has 0 saturated heterocycles. The van der Waals surface area contributed by atoms with Gasteiger partial charge in [0, 0.05) is 0 Å². The fourth-order valence-electron chi connectivity index (χ4n) is 1.44. The van der Waals surface area contributed by atoms with Crippen molar-refractivity contribution < 1.29 is 12.9 Å². The zero-order valence-electron chi connectivity index (χ0n) is 8.37. The van der Waals surface area contributed by atoms with Gasteiger partial charge in [-0.05, 0) is 12.0 Å². The molecule has 0 saturated carbocycles. The summed E-state index contributed by atoms with van der Waals surface area (Å²) in [5, 5.41) is 0. The fraction of sp³-hybridized carbons (Fsp3) is 0.273. The van der Waals surface area contributed by atoms with Crippen LogP contribution >= 0.6 is 0 Å². The Morgan fingerprint density at radius 2 is 1.80 bits per heavy atom. The third-order valence-corrected chi connectivity index (χ3v) is 2.40. The molecule has 0 fully saturated rings. The first-order chi connectivity index (χ1) is 7.04. The molecule has 0 bridgehead atoms. The molecule has 0 nitrogen and oxygen atoms in total. The minimum Gasteiger partial charge on any atom is -0.449 e. The second-order valence-electron chi connectivity index (χ2n) is 3.55. The van der Waals surface area contributed by atoms with E-state index in [-0.39, 0.29) is 6.42 Å². The van der Waals surface area contributed by atoms with E-state index < -0.39 is 12.8 Å². The Kier molecular flexibility index (Phi) is 4.00. The third-order valence-electron chi connectivity index (χ3n) is 2.40. The molecule has 1 rings (SSSR count). The van der Waals surface area contributed by atoms with E-state index >= 15 is 0 Å². The average molecular weight is 213 g/mol. The average Bonchev–Trinajstić information content (AvgIpc) is 2.18. The van der Waals surface area contributed by atoms with Crippen LogP contribution in [0.15, 0.2) is 43.0 Å². The maximum absolute atomic E-state index is 12.4. The van der Waals surface area contributed by atoms with E-state index in [0.29, 0.717) is 6.42 Å². The maximum Gasteiger partial charge on any atom is 0.485 e. The van der Waals surface area contributed by atoms with Gasteiger partial charge in [-0.1, -0.05) is 42.6 Å². The first-order valence-electron chi connectivity index (χ1n) is 4.90. The Hall–Kier alpha value is -1.19. The zero-order chi connectivity index (χ0) is 11.3. The van der Waals surface area contributed by atoms with Gasteiger partial charge >= 0.3 is 6.98 Å². The second-order valence-corrected chi connectivity index (χ2v) is 3.55. The molecule has 1 atom stereocenters. The number of halogens is 3. The van der Waals surface area contributed by atoms with Crippen molar-refractivity contribution in [3.05, 3.63) is 48.6 Å². The van der Waals surface area contributed by atoms with Crippen LogP contribution in [-0.2, 0) is 6.42 Å². The fourth-order valence-corrected chi connectivity index (χ4v) is 1.44. The van der Waals surface area contributed by atoms with Crippen molar-refractivity contribution in [2.75, 3.05) is 0 Å². The van der Waals surface area contributed by atoms with Crippen molar-refractivity contribution in [3.63, 3.8) is 0 Å². The Morgan fingerprint density at radius 1 is 1.20 bits per heavy atom. The predicted molar refractivity (Wildman–Crippen MR) is 57.8 cm³/mol. The highest BCUT2D eigenvalue weighted by Crippen LogP contribution is 2.31. The van der Waals surface area contributed by atoms with Crippen molar-refractivity contribution >= 4 is 6.98 Å². The summed E-state index contributed by atoms with van der Waals surface area (Å²) in [5.41, 5.74) is 0.935. The maximum atomic E-state index is 12.4. The summed E-state index contributed by atoms with van der Waals surface area (Å²) in [7, 11) is 0. The SMILES string of the molecule is C=C[C@@H](CCc1ccccc1)[B-](F)(F)F. The molecule has 82 valence electrons. The highest BCUT2D eigenvalue weighted by molar-refractivity contribution is 6.60. The van der Waals surface area contributed by atoms with Crippen LogP contribution in [-0.4, -0.2) is 6.98 Å². The highest BCUT2D eigenvalue weighted by atomic mass is 19.4. The van der Waals surface area contributed by atoms with Crippen molar-refractivity contribution in [2.45, 2.75) is 18.7 Å². The van der Waals surface area contributed by atoms with Gasteiger partial charge in [0.1, 0.15) is 0 Å². The van der Waals surface area contributed by atoms with E-state index in [9.17, 15) is 12.9 Å². The van der Waals surface area contributed by atoms with Crippen LogP contribution in [0.1, 0.15) is 12.0 Å². The van der Waals surface area contributed by atoms with Gasteiger partial charge in [-0.15, -0.1) is 12.7 Å². The Bertz CT molecular complexity index is 305. The van der Waals surface area contributed by atoms with Crippen LogP contribution in [0.25, 0.3) is 0 Å². The summed E-state index contributed by atoms with van der Waals surface area (Å²) in [6, 6.07) is 9.18. The van der Waals surface area contributed by atoms with Crippen molar-refractivity contribution in [2.24, 2.45) is 0 Å². The number of hydrogen-bond acceptors (Lipinski definition) is 0. The van der Waals surface area contributed by atoms with Gasteiger partial charge in [0.15, 0.2) is 0 Å². The van der Waals surface area contributed by atoms with E-state index in [1.54, 1.807) is 0 Å². The number of aryl methyl sites for hydroxylation is 1. The Labute approximate surface area is 87.9 Å². The van der Waals surface area contributed by atoms with Gasteiger partial charge in [-0.25, -0.2) is 0 Å². The van der Waals surface area contributed by atoms with Crippen molar-refractivity contribution in [1.29, 1.82) is 0 Å². The normalized spacial score (nSPS) is 13.5. The van der Waals surface area contributed by atoms with Crippen LogP contribution in [0.4, 0.5) is 12.9 Å². The molecule has 0 unspecified atom stereocenters. The minimum atomic E-state index is -4.79. The summed E-state index contributed by atoms with van der Waals surface area (Å²) in [4.78, 5) is 0. The van der Waals surface area contributed by atoms with E-state index in [2.05, 4.69) is 6.58 Å². The number of hydrogen-bond donors (Lipinski definition) is 0. The molecule has 1 aromatic carbocycles. The van der Waals surface area contributed by atoms with Gasteiger partial charge < -0.3 is 12.9 Å². The van der Waals surface area contributed by atoms with Gasteiger partial charge in [0.2, 0.25) is 0 Å². The molecule has 0 amide bonds. The Morgan fingerprint density at radius 3 is 2.27 bits per heavy atom. The number of allylic oxidation sites excluding steroid dienone is 1. The second kappa shape index (κ2) is 5.05. The lowest BCUT2D eigenvalue weighted by molar-refractivity contribution is 0.443. The molecule has 0 aliphatic carbocycles. The van der Waals surface area contributed by atoms with E-state index in [1.165, 1.54) is 0 Å². The van der Waals surface area contributed by atoms with Crippen LogP contribution in [0.2, 0.25) is 5.82 Å². The highest BCUT2D eigenvalue weighted by Gasteiger charge is 2.31. The molecule has 0 radical (unpaired) electrons. The molecule has 0 aliphatic heterocycles. The van der Waals surface area contributed by atoms with Crippen molar-refractivity contribution in [3.8, 4) is 0 Å². The standard InChI is InChI=1S/C11H13BF3/c1-2-11(12(13,14)15)9-8-10-6-4-3-5-7-10/h2-7,11H,1,8-9H2/q-1/t11-/m0/s1. The number of rotatable bonds is 5. The van der Waals surface area contributed by atoms with Crippen LogP contribution in [0.5, 0.6) is 0 Å². The summed E-state index contributed by atoms with van der Waals surface area (Å²) < 4.78 is 37.2. The first kappa shape index (κ1) is 11.9.